The lowest BCUT2D eigenvalue weighted by molar-refractivity contribution is -0.384. The monoisotopic (exact) mass is 386 g/mol. The molecule has 2 aromatic carbocycles. The Morgan fingerprint density at radius 3 is 2.50 bits per heavy atom. The molecule has 0 unspecified atom stereocenters. The maximum Gasteiger partial charge on any atom is 0.269 e. The minimum atomic E-state index is -0.480. The molecule has 0 N–H and O–H groups in total. The number of methoxy groups -OCH3 is 2. The summed E-state index contributed by atoms with van der Waals surface area (Å²) in [4.78, 5) is 24.7. The third-order valence-corrected chi connectivity index (χ3v) is 4.78. The van der Waals surface area contributed by atoms with Gasteiger partial charge in [-0.15, -0.1) is 0 Å². The third-order valence-electron chi connectivity index (χ3n) is 4.78. The average Bonchev–Trinajstić information content (AvgIpc) is 3.21. The average molecular weight is 386 g/mol. The first-order valence-electron chi connectivity index (χ1n) is 8.92. The smallest absolute Gasteiger partial charge is 0.269 e. The van der Waals surface area contributed by atoms with Crippen molar-refractivity contribution in [2.24, 2.45) is 0 Å². The van der Waals surface area contributed by atoms with Gasteiger partial charge in [-0.1, -0.05) is 0 Å². The first-order valence-corrected chi connectivity index (χ1v) is 8.92. The number of rotatable bonds is 7. The standard InChI is InChI=1S/C20H22N2O6/c1-26-16-9-10-17(19(12-16)27-2)18-4-3-11-21(18)20(23)13-28-15-7-5-14(6-8-15)22(24)25/h5-10,12,18H,3-4,11,13H2,1-2H3/t18-/m0/s1. The third kappa shape index (κ3) is 4.16. The fraction of sp³-hybridized carbons (Fsp3) is 0.350. The maximum absolute atomic E-state index is 12.7. The van der Waals surface area contributed by atoms with E-state index in [2.05, 4.69) is 0 Å². The number of nitro groups is 1. The lowest BCUT2D eigenvalue weighted by Gasteiger charge is -2.26. The van der Waals surface area contributed by atoms with Crippen molar-refractivity contribution in [3.05, 3.63) is 58.1 Å². The van der Waals surface area contributed by atoms with Crippen LogP contribution in [0.4, 0.5) is 5.69 Å². The van der Waals surface area contributed by atoms with E-state index < -0.39 is 4.92 Å². The number of amides is 1. The summed E-state index contributed by atoms with van der Waals surface area (Å²) in [5.74, 6) is 1.65. The summed E-state index contributed by atoms with van der Waals surface area (Å²) in [5, 5.41) is 10.7. The fourth-order valence-corrected chi connectivity index (χ4v) is 3.37. The van der Waals surface area contributed by atoms with Crippen LogP contribution in [-0.4, -0.2) is 43.1 Å². The second-order valence-electron chi connectivity index (χ2n) is 6.39. The Bertz CT molecular complexity index is 852. The van der Waals surface area contributed by atoms with E-state index in [4.69, 9.17) is 14.2 Å². The van der Waals surface area contributed by atoms with Crippen LogP contribution in [0, 0.1) is 10.1 Å². The molecule has 1 saturated heterocycles. The zero-order valence-electron chi connectivity index (χ0n) is 15.8. The number of likely N-dealkylation sites (tertiary alicyclic amines) is 1. The van der Waals surface area contributed by atoms with Gasteiger partial charge < -0.3 is 19.1 Å². The molecule has 0 aliphatic carbocycles. The lowest BCUT2D eigenvalue weighted by atomic mass is 10.0. The molecule has 0 aromatic heterocycles. The van der Waals surface area contributed by atoms with Crippen LogP contribution < -0.4 is 14.2 Å². The van der Waals surface area contributed by atoms with Gasteiger partial charge in [0.25, 0.3) is 11.6 Å². The molecule has 28 heavy (non-hydrogen) atoms. The number of nitrogens with zero attached hydrogens (tertiary/aromatic N) is 2. The number of carbonyl (C=O) groups excluding carboxylic acids is 1. The molecule has 8 nitrogen and oxygen atoms in total. The van der Waals surface area contributed by atoms with Crippen molar-refractivity contribution in [3.8, 4) is 17.2 Å². The normalized spacial score (nSPS) is 15.9. The predicted octanol–water partition coefficient (Wildman–Crippen LogP) is 3.35. The number of hydrogen-bond acceptors (Lipinski definition) is 6. The van der Waals surface area contributed by atoms with Crippen LogP contribution in [0.1, 0.15) is 24.4 Å². The van der Waals surface area contributed by atoms with Gasteiger partial charge in [-0.3, -0.25) is 14.9 Å². The second kappa shape index (κ2) is 8.60. The van der Waals surface area contributed by atoms with Crippen LogP contribution in [0.5, 0.6) is 17.2 Å². The number of carbonyl (C=O) groups is 1. The zero-order chi connectivity index (χ0) is 20.1. The SMILES string of the molecule is COc1ccc([C@@H]2CCCN2C(=O)COc2ccc([N+](=O)[O-])cc2)c(OC)c1. The van der Waals surface area contributed by atoms with Crippen LogP contribution in [0.2, 0.25) is 0 Å². The summed E-state index contributed by atoms with van der Waals surface area (Å²) < 4.78 is 16.2. The number of ether oxygens (including phenoxy) is 3. The maximum atomic E-state index is 12.7. The molecule has 0 radical (unpaired) electrons. The molecule has 148 valence electrons. The predicted molar refractivity (Wildman–Crippen MR) is 102 cm³/mol. The van der Waals surface area contributed by atoms with E-state index in [1.165, 1.54) is 24.3 Å². The van der Waals surface area contributed by atoms with Crippen molar-refractivity contribution >= 4 is 11.6 Å². The summed E-state index contributed by atoms with van der Waals surface area (Å²) in [6.07, 6.45) is 1.73. The van der Waals surface area contributed by atoms with Gasteiger partial charge in [-0.05, 0) is 37.1 Å². The molecule has 0 saturated carbocycles. The molecular formula is C20H22N2O6. The highest BCUT2D eigenvalue weighted by atomic mass is 16.6. The Balaban J connectivity index is 1.68. The topological polar surface area (TPSA) is 91.1 Å². The minimum Gasteiger partial charge on any atom is -0.497 e. The zero-order valence-corrected chi connectivity index (χ0v) is 15.8. The van der Waals surface area contributed by atoms with Gasteiger partial charge in [0, 0.05) is 30.3 Å². The van der Waals surface area contributed by atoms with Crippen molar-refractivity contribution in [1.29, 1.82) is 0 Å². The van der Waals surface area contributed by atoms with Crippen LogP contribution in [0.25, 0.3) is 0 Å². The quantitative estimate of drug-likeness (QED) is 0.535. The summed E-state index contributed by atoms with van der Waals surface area (Å²) in [6.45, 7) is 0.509. The highest BCUT2D eigenvalue weighted by Gasteiger charge is 2.32. The molecule has 0 bridgehead atoms. The van der Waals surface area contributed by atoms with E-state index in [1.807, 2.05) is 18.2 Å². The van der Waals surface area contributed by atoms with E-state index in [0.29, 0.717) is 23.8 Å². The Hall–Kier alpha value is -3.29. The molecule has 2 aromatic rings. The molecule has 8 heteroatoms. The lowest BCUT2D eigenvalue weighted by Crippen LogP contribution is -2.34. The number of hydrogen-bond donors (Lipinski definition) is 0. The van der Waals surface area contributed by atoms with Crippen LogP contribution >= 0.6 is 0 Å². The summed E-state index contributed by atoms with van der Waals surface area (Å²) in [7, 11) is 3.19. The Morgan fingerprint density at radius 2 is 1.86 bits per heavy atom. The fourth-order valence-electron chi connectivity index (χ4n) is 3.37. The van der Waals surface area contributed by atoms with Crippen LogP contribution in [0.3, 0.4) is 0 Å². The molecule has 1 atom stereocenters. The molecule has 1 heterocycles. The van der Waals surface area contributed by atoms with E-state index in [1.54, 1.807) is 19.1 Å². The summed E-state index contributed by atoms with van der Waals surface area (Å²) >= 11 is 0. The van der Waals surface area contributed by atoms with Crippen LogP contribution in [-0.2, 0) is 4.79 Å². The second-order valence-corrected chi connectivity index (χ2v) is 6.39. The Morgan fingerprint density at radius 1 is 1.14 bits per heavy atom. The van der Waals surface area contributed by atoms with Gasteiger partial charge >= 0.3 is 0 Å². The van der Waals surface area contributed by atoms with Crippen molar-refractivity contribution < 1.29 is 23.9 Å². The molecule has 1 aliphatic heterocycles. The molecular weight excluding hydrogens is 364 g/mol. The van der Waals surface area contributed by atoms with Crippen molar-refractivity contribution in [2.45, 2.75) is 18.9 Å². The van der Waals surface area contributed by atoms with Gasteiger partial charge in [-0.2, -0.15) is 0 Å². The van der Waals surface area contributed by atoms with Gasteiger partial charge in [0.2, 0.25) is 0 Å². The van der Waals surface area contributed by atoms with Gasteiger partial charge in [0.15, 0.2) is 6.61 Å². The van der Waals surface area contributed by atoms with Crippen molar-refractivity contribution in [2.75, 3.05) is 27.4 Å². The minimum absolute atomic E-state index is 0.0233. The number of nitro benzene ring substituents is 1. The highest BCUT2D eigenvalue weighted by molar-refractivity contribution is 5.78. The van der Waals surface area contributed by atoms with Gasteiger partial charge in [0.05, 0.1) is 25.2 Å². The molecule has 1 aliphatic rings. The number of benzene rings is 2. The number of non-ortho nitro benzene ring substituents is 1. The summed E-state index contributed by atoms with van der Waals surface area (Å²) in [5.41, 5.74) is 0.911. The van der Waals surface area contributed by atoms with Crippen molar-refractivity contribution in [3.63, 3.8) is 0 Å². The summed E-state index contributed by atoms with van der Waals surface area (Å²) in [6, 6.07) is 11.2. The van der Waals surface area contributed by atoms with Crippen LogP contribution in [0.15, 0.2) is 42.5 Å². The first-order chi connectivity index (χ1) is 13.5. The van der Waals surface area contributed by atoms with Gasteiger partial charge in [-0.25, -0.2) is 0 Å². The molecule has 0 spiro atoms. The molecule has 1 amide bonds. The Kier molecular flexibility index (Phi) is 5.98. The van der Waals surface area contributed by atoms with E-state index in [0.717, 1.165) is 18.4 Å². The van der Waals surface area contributed by atoms with E-state index in [9.17, 15) is 14.9 Å². The highest BCUT2D eigenvalue weighted by Crippen LogP contribution is 2.38. The molecule has 3 rings (SSSR count). The largest absolute Gasteiger partial charge is 0.497 e. The first kappa shape index (κ1) is 19.5. The van der Waals surface area contributed by atoms with E-state index >= 15 is 0 Å². The molecule has 1 fully saturated rings. The van der Waals surface area contributed by atoms with Gasteiger partial charge in [0.1, 0.15) is 17.2 Å². The van der Waals surface area contributed by atoms with E-state index in [-0.39, 0.29) is 24.2 Å². The Labute approximate surface area is 162 Å². The van der Waals surface area contributed by atoms with Crippen molar-refractivity contribution in [1.82, 2.24) is 4.90 Å².